The van der Waals surface area contributed by atoms with Gasteiger partial charge in [-0.2, -0.15) is 0 Å². The fourth-order valence-electron chi connectivity index (χ4n) is 4.28. The van der Waals surface area contributed by atoms with E-state index in [0.29, 0.717) is 24.9 Å². The van der Waals surface area contributed by atoms with Crippen molar-refractivity contribution in [2.24, 2.45) is 17.3 Å². The van der Waals surface area contributed by atoms with Crippen LogP contribution < -0.4 is 5.32 Å². The van der Waals surface area contributed by atoms with Crippen LogP contribution in [0.2, 0.25) is 0 Å². The molecule has 0 aromatic carbocycles. The standard InChI is InChI=1S/C15H24N2O3/c1-14(2,3)20-13(19)17-8-10-4-5-11(9-17)15(10)6-7-16-12(15)18/h10-11H,4-9H2,1-3H3,(H,16,18). The molecule has 2 amide bonds. The van der Waals surface area contributed by atoms with Crippen molar-refractivity contribution in [2.75, 3.05) is 19.6 Å². The van der Waals surface area contributed by atoms with Crippen molar-refractivity contribution in [1.29, 1.82) is 0 Å². The van der Waals surface area contributed by atoms with Crippen LogP contribution in [-0.4, -0.2) is 42.1 Å². The third kappa shape index (κ3) is 1.98. The molecule has 1 spiro atoms. The van der Waals surface area contributed by atoms with Gasteiger partial charge in [0.05, 0.1) is 5.41 Å². The third-order valence-corrected chi connectivity index (χ3v) is 5.10. The molecule has 3 rings (SSSR count). The lowest BCUT2D eigenvalue weighted by Crippen LogP contribution is -2.54. The predicted molar refractivity (Wildman–Crippen MR) is 74.1 cm³/mol. The number of hydrogen-bond donors (Lipinski definition) is 1. The molecule has 0 aromatic heterocycles. The highest BCUT2D eigenvalue weighted by Crippen LogP contribution is 2.55. The van der Waals surface area contributed by atoms with Gasteiger partial charge < -0.3 is 15.0 Å². The topological polar surface area (TPSA) is 58.6 Å². The SMILES string of the molecule is CC(C)(C)OC(=O)N1CC2CCC(C1)C21CCNC1=O. The molecule has 3 aliphatic rings. The molecule has 2 aliphatic heterocycles. The Hall–Kier alpha value is -1.26. The Morgan fingerprint density at radius 3 is 2.35 bits per heavy atom. The van der Waals surface area contributed by atoms with E-state index >= 15 is 0 Å². The van der Waals surface area contributed by atoms with Crippen LogP contribution in [0.3, 0.4) is 0 Å². The zero-order valence-corrected chi connectivity index (χ0v) is 12.6. The van der Waals surface area contributed by atoms with Gasteiger partial charge in [0.15, 0.2) is 0 Å². The van der Waals surface area contributed by atoms with Crippen molar-refractivity contribution in [3.63, 3.8) is 0 Å². The van der Waals surface area contributed by atoms with E-state index in [0.717, 1.165) is 25.8 Å². The molecule has 2 bridgehead atoms. The molecular formula is C15H24N2O3. The second-order valence-electron chi connectivity index (χ2n) is 7.40. The lowest BCUT2D eigenvalue weighted by atomic mass is 9.68. The van der Waals surface area contributed by atoms with Crippen LogP contribution in [0.1, 0.15) is 40.0 Å². The van der Waals surface area contributed by atoms with E-state index in [4.69, 9.17) is 4.74 Å². The van der Waals surface area contributed by atoms with Gasteiger partial charge in [-0.15, -0.1) is 0 Å². The van der Waals surface area contributed by atoms with E-state index in [9.17, 15) is 9.59 Å². The third-order valence-electron chi connectivity index (χ3n) is 5.10. The quantitative estimate of drug-likeness (QED) is 0.735. The fourth-order valence-corrected chi connectivity index (χ4v) is 4.28. The van der Waals surface area contributed by atoms with Crippen molar-refractivity contribution in [1.82, 2.24) is 10.2 Å². The van der Waals surface area contributed by atoms with Crippen LogP contribution in [-0.2, 0) is 9.53 Å². The normalized spacial score (nSPS) is 36.4. The minimum Gasteiger partial charge on any atom is -0.444 e. The molecule has 1 N–H and O–H groups in total. The molecule has 1 aliphatic carbocycles. The maximum Gasteiger partial charge on any atom is 0.410 e. The monoisotopic (exact) mass is 280 g/mol. The van der Waals surface area contributed by atoms with Crippen molar-refractivity contribution < 1.29 is 14.3 Å². The summed E-state index contributed by atoms with van der Waals surface area (Å²) in [6.45, 7) is 7.77. The van der Waals surface area contributed by atoms with Crippen LogP contribution in [0.4, 0.5) is 4.79 Å². The summed E-state index contributed by atoms with van der Waals surface area (Å²) in [5.74, 6) is 0.821. The van der Waals surface area contributed by atoms with E-state index in [2.05, 4.69) is 5.32 Å². The lowest BCUT2D eigenvalue weighted by molar-refractivity contribution is -0.135. The van der Waals surface area contributed by atoms with Crippen LogP contribution in [0.25, 0.3) is 0 Å². The highest BCUT2D eigenvalue weighted by molar-refractivity contribution is 5.86. The summed E-state index contributed by atoms with van der Waals surface area (Å²) in [6, 6.07) is 0. The number of hydrogen-bond acceptors (Lipinski definition) is 3. The zero-order valence-electron chi connectivity index (χ0n) is 12.6. The average molecular weight is 280 g/mol. The fraction of sp³-hybridized carbons (Fsp3) is 0.867. The first-order valence-electron chi connectivity index (χ1n) is 7.59. The van der Waals surface area contributed by atoms with Crippen molar-refractivity contribution in [2.45, 2.75) is 45.6 Å². The van der Waals surface area contributed by atoms with E-state index in [-0.39, 0.29) is 17.4 Å². The maximum atomic E-state index is 12.3. The Bertz CT molecular complexity index is 427. The van der Waals surface area contributed by atoms with Gasteiger partial charge in [0.1, 0.15) is 5.60 Å². The number of nitrogens with one attached hydrogen (secondary N) is 1. The Balaban J connectivity index is 1.74. The average Bonchev–Trinajstić information content (AvgIpc) is 2.77. The smallest absolute Gasteiger partial charge is 0.410 e. The number of ether oxygens (including phenoxy) is 1. The molecule has 2 heterocycles. The molecule has 2 saturated heterocycles. The predicted octanol–water partition coefficient (Wildman–Crippen LogP) is 1.77. The molecule has 2 atom stereocenters. The summed E-state index contributed by atoms with van der Waals surface area (Å²) in [4.78, 5) is 26.3. The van der Waals surface area contributed by atoms with Crippen LogP contribution in [0.15, 0.2) is 0 Å². The largest absolute Gasteiger partial charge is 0.444 e. The van der Waals surface area contributed by atoms with Gasteiger partial charge >= 0.3 is 6.09 Å². The van der Waals surface area contributed by atoms with E-state index in [1.54, 1.807) is 0 Å². The minimum atomic E-state index is -0.462. The first kappa shape index (κ1) is 13.7. The Morgan fingerprint density at radius 2 is 1.90 bits per heavy atom. The molecule has 20 heavy (non-hydrogen) atoms. The van der Waals surface area contributed by atoms with Crippen molar-refractivity contribution >= 4 is 12.0 Å². The number of likely N-dealkylation sites (tertiary alicyclic amines) is 1. The Kier molecular flexibility index (Phi) is 2.99. The highest BCUT2D eigenvalue weighted by Gasteiger charge is 2.60. The summed E-state index contributed by atoms with van der Waals surface area (Å²) in [5, 5.41) is 2.99. The summed E-state index contributed by atoms with van der Waals surface area (Å²) in [6.07, 6.45) is 2.81. The molecule has 0 radical (unpaired) electrons. The van der Waals surface area contributed by atoms with Crippen molar-refractivity contribution in [3.05, 3.63) is 0 Å². The first-order chi connectivity index (χ1) is 9.33. The maximum absolute atomic E-state index is 12.3. The molecular weight excluding hydrogens is 256 g/mol. The first-order valence-corrected chi connectivity index (χ1v) is 7.59. The second-order valence-corrected chi connectivity index (χ2v) is 7.40. The summed E-state index contributed by atoms with van der Waals surface area (Å²) < 4.78 is 5.47. The van der Waals surface area contributed by atoms with E-state index in [1.807, 2.05) is 25.7 Å². The van der Waals surface area contributed by atoms with Gasteiger partial charge in [0.2, 0.25) is 5.91 Å². The Morgan fingerprint density at radius 1 is 1.30 bits per heavy atom. The second kappa shape index (κ2) is 4.37. The van der Waals surface area contributed by atoms with Crippen molar-refractivity contribution in [3.8, 4) is 0 Å². The zero-order chi connectivity index (χ0) is 14.5. The number of carbonyl (C=O) groups excluding carboxylic acids is 2. The van der Waals surface area contributed by atoms with Gasteiger partial charge in [-0.05, 0) is 51.9 Å². The lowest BCUT2D eigenvalue weighted by Gasteiger charge is -2.43. The van der Waals surface area contributed by atoms with Gasteiger partial charge in [0.25, 0.3) is 0 Å². The summed E-state index contributed by atoms with van der Waals surface area (Å²) >= 11 is 0. The highest BCUT2D eigenvalue weighted by atomic mass is 16.6. The number of carbonyl (C=O) groups is 2. The van der Waals surface area contributed by atoms with Crippen LogP contribution >= 0.6 is 0 Å². The number of rotatable bonds is 0. The van der Waals surface area contributed by atoms with Crippen LogP contribution in [0, 0.1) is 17.3 Å². The molecule has 5 nitrogen and oxygen atoms in total. The number of piperidine rings is 1. The van der Waals surface area contributed by atoms with Gasteiger partial charge in [-0.25, -0.2) is 4.79 Å². The molecule has 1 saturated carbocycles. The molecule has 5 heteroatoms. The minimum absolute atomic E-state index is 0.196. The molecule has 0 aromatic rings. The van der Waals surface area contributed by atoms with E-state index in [1.165, 1.54) is 0 Å². The molecule has 112 valence electrons. The molecule has 2 unspecified atom stereocenters. The summed E-state index contributed by atoms with van der Waals surface area (Å²) in [5.41, 5.74) is -0.658. The number of amides is 2. The van der Waals surface area contributed by atoms with Gasteiger partial charge in [-0.3, -0.25) is 4.79 Å². The summed E-state index contributed by atoms with van der Waals surface area (Å²) in [7, 11) is 0. The number of nitrogens with zero attached hydrogens (tertiary/aromatic N) is 1. The van der Waals surface area contributed by atoms with Gasteiger partial charge in [0, 0.05) is 19.6 Å². The Labute approximate surface area is 120 Å². The van der Waals surface area contributed by atoms with Crippen LogP contribution in [0.5, 0.6) is 0 Å². The van der Waals surface area contributed by atoms with Gasteiger partial charge in [-0.1, -0.05) is 0 Å². The molecule has 3 fully saturated rings. The van der Waals surface area contributed by atoms with E-state index < -0.39 is 5.60 Å².